The zero-order valence-corrected chi connectivity index (χ0v) is 14.1. The lowest BCUT2D eigenvalue weighted by Gasteiger charge is -2.05. The van der Waals surface area contributed by atoms with Gasteiger partial charge in [-0.05, 0) is 29.1 Å². The van der Waals surface area contributed by atoms with E-state index in [1.54, 1.807) is 0 Å². The minimum atomic E-state index is -3.42. The predicted molar refractivity (Wildman–Crippen MR) is 88.8 cm³/mol. The Morgan fingerprint density at radius 1 is 1.33 bits per heavy atom. The highest BCUT2D eigenvalue weighted by atomic mass is 32.9. The fourth-order valence-electron chi connectivity index (χ4n) is 1.95. The van der Waals surface area contributed by atoms with Gasteiger partial charge in [0.2, 0.25) is 5.69 Å². The molecule has 8 heteroatoms. The van der Waals surface area contributed by atoms with E-state index in [1.807, 2.05) is 44.2 Å². The molecule has 0 spiro atoms. The van der Waals surface area contributed by atoms with E-state index in [0.29, 0.717) is 11.3 Å². The molecule has 0 aliphatic heterocycles. The van der Waals surface area contributed by atoms with Crippen molar-refractivity contribution in [1.29, 1.82) is 0 Å². The van der Waals surface area contributed by atoms with E-state index in [-0.39, 0.29) is 17.4 Å². The monoisotopic (exact) mass is 345 g/mol. The Kier molecular flexibility index (Phi) is 5.11. The zero-order chi connectivity index (χ0) is 15.6. The van der Waals surface area contributed by atoms with Gasteiger partial charge in [-0.3, -0.25) is 4.79 Å². The van der Waals surface area contributed by atoms with Gasteiger partial charge in [0.1, 0.15) is 5.88 Å². The second kappa shape index (κ2) is 6.50. The van der Waals surface area contributed by atoms with E-state index in [2.05, 4.69) is 11.8 Å². The third-order valence-electron chi connectivity index (χ3n) is 2.86. The molecule has 0 aliphatic rings. The van der Waals surface area contributed by atoms with Crippen molar-refractivity contribution in [2.45, 2.75) is 25.6 Å². The average molecular weight is 345 g/mol. The van der Waals surface area contributed by atoms with E-state index < -0.39 is 5.69 Å². The molecule has 21 heavy (non-hydrogen) atoms. The third-order valence-corrected chi connectivity index (χ3v) is 5.85. The first-order valence-corrected chi connectivity index (χ1v) is 10.6. The van der Waals surface area contributed by atoms with E-state index >= 15 is 0 Å². The van der Waals surface area contributed by atoms with Crippen LogP contribution >= 0.6 is 17.1 Å². The quantitative estimate of drug-likeness (QED) is 0.811. The van der Waals surface area contributed by atoms with E-state index in [0.717, 1.165) is 21.7 Å². The Labute approximate surface area is 131 Å². The van der Waals surface area contributed by atoms with E-state index in [1.165, 1.54) is 0 Å². The molecule has 2 N–H and O–H groups in total. The maximum Gasteiger partial charge on any atom is 0.287 e. The van der Waals surface area contributed by atoms with Gasteiger partial charge >= 0.3 is 0 Å². The topological polar surface area (TPSA) is 75.6 Å². The van der Waals surface area contributed by atoms with Crippen molar-refractivity contribution in [3.05, 3.63) is 46.2 Å². The van der Waals surface area contributed by atoms with Crippen LogP contribution in [0, 0.1) is 0 Å². The number of hydrogen-bond acceptors (Lipinski definition) is 4. The first kappa shape index (κ1) is 16.5. The van der Waals surface area contributed by atoms with Crippen LogP contribution in [0.1, 0.15) is 25.3 Å². The molecule has 0 unspecified atom stereocenters. The van der Waals surface area contributed by atoms with Crippen LogP contribution < -0.4 is 5.56 Å². The minimum Gasteiger partial charge on any atom is -0.375 e. The van der Waals surface area contributed by atoms with Crippen LogP contribution in [-0.4, -0.2) is 14.5 Å². The molecule has 114 valence electrons. The molecule has 1 aromatic carbocycles. The molecule has 1 heterocycles. The van der Waals surface area contributed by atoms with Gasteiger partial charge in [0.25, 0.3) is 5.56 Å². The van der Waals surface area contributed by atoms with Gasteiger partial charge in [0.05, 0.1) is 5.56 Å². The number of aromatic nitrogens is 1. The van der Waals surface area contributed by atoms with Gasteiger partial charge < -0.3 is 14.3 Å². The van der Waals surface area contributed by atoms with Crippen LogP contribution in [0.5, 0.6) is 0 Å². The highest BCUT2D eigenvalue weighted by Crippen LogP contribution is 2.51. The molecule has 0 amide bonds. The molecule has 2 aromatic rings. The van der Waals surface area contributed by atoms with Crippen molar-refractivity contribution in [1.82, 2.24) is 4.74 Å². The Hall–Kier alpha value is -0.850. The minimum absolute atomic E-state index is 0.00554. The van der Waals surface area contributed by atoms with Crippen molar-refractivity contribution in [2.75, 3.05) is 0 Å². The molecule has 0 aliphatic carbocycles. The second-order valence-electron chi connectivity index (χ2n) is 4.79. The molecule has 0 fully saturated rings. The molecule has 0 saturated heterocycles. The first-order valence-electron chi connectivity index (χ1n) is 6.29. The molecular weight excluding hydrogens is 329 g/mol. The standard InChI is InChI=1S/C13H16NO4PS2/c1-9(2)11-12(10-6-4-3-5-7-10)18-14(13(11)15)8-21-19(16,17)20/h3-7,9H,8H2,1-2H3,(H2,16,17,20). The Morgan fingerprint density at radius 2 is 1.95 bits per heavy atom. The second-order valence-corrected chi connectivity index (χ2v) is 10.8. The van der Waals surface area contributed by atoms with Crippen molar-refractivity contribution < 1.29 is 14.3 Å². The molecular formula is C13H16NO4PS2. The zero-order valence-electron chi connectivity index (χ0n) is 11.6. The highest BCUT2D eigenvalue weighted by molar-refractivity contribution is 8.66. The SMILES string of the molecule is CC(C)c1c(-c2ccccc2)on(CSP(O)(O)=S)c1=O. The summed E-state index contributed by atoms with van der Waals surface area (Å²) in [4.78, 5) is 30.9. The largest absolute Gasteiger partial charge is 0.375 e. The van der Waals surface area contributed by atoms with Crippen molar-refractivity contribution in [3.63, 3.8) is 0 Å². The van der Waals surface area contributed by atoms with Crippen molar-refractivity contribution in [2.24, 2.45) is 0 Å². The van der Waals surface area contributed by atoms with E-state index in [4.69, 9.17) is 4.52 Å². The molecule has 1 aromatic heterocycles. The predicted octanol–water partition coefficient (Wildman–Crippen LogP) is 3.13. The number of nitrogens with zero attached hydrogens (tertiary/aromatic N) is 1. The summed E-state index contributed by atoms with van der Waals surface area (Å²) >= 11 is 5.28. The van der Waals surface area contributed by atoms with Crippen LogP contribution in [0.15, 0.2) is 39.6 Å². The molecule has 0 radical (unpaired) electrons. The van der Waals surface area contributed by atoms with Crippen LogP contribution in [-0.2, 0) is 17.7 Å². The average Bonchev–Trinajstić information content (AvgIpc) is 2.74. The number of benzene rings is 1. The Morgan fingerprint density at radius 3 is 2.48 bits per heavy atom. The normalized spacial score (nSPS) is 12.0. The first-order chi connectivity index (χ1) is 9.79. The van der Waals surface area contributed by atoms with E-state index in [9.17, 15) is 14.6 Å². The lowest BCUT2D eigenvalue weighted by Crippen LogP contribution is -2.17. The lowest BCUT2D eigenvalue weighted by atomic mass is 10.0. The van der Waals surface area contributed by atoms with Crippen LogP contribution in [0.4, 0.5) is 0 Å². The molecule has 0 atom stereocenters. The summed E-state index contributed by atoms with van der Waals surface area (Å²) in [6, 6.07) is 9.35. The summed E-state index contributed by atoms with van der Waals surface area (Å²) in [6.45, 7) is 3.83. The smallest absolute Gasteiger partial charge is 0.287 e. The van der Waals surface area contributed by atoms with Crippen LogP contribution in [0.25, 0.3) is 11.3 Å². The Bertz CT molecular complexity index is 718. The maximum absolute atomic E-state index is 12.4. The highest BCUT2D eigenvalue weighted by Gasteiger charge is 2.22. The van der Waals surface area contributed by atoms with Crippen molar-refractivity contribution in [3.8, 4) is 11.3 Å². The van der Waals surface area contributed by atoms with Gasteiger partial charge in [-0.25, -0.2) is 0 Å². The fourth-order valence-corrected chi connectivity index (χ4v) is 3.57. The summed E-state index contributed by atoms with van der Waals surface area (Å²) in [6.07, 6.45) is 0. The number of hydrogen-bond donors (Lipinski definition) is 2. The maximum atomic E-state index is 12.4. The van der Waals surface area contributed by atoms with Gasteiger partial charge in [0.15, 0.2) is 5.76 Å². The molecule has 0 saturated carbocycles. The lowest BCUT2D eigenvalue weighted by molar-refractivity contribution is 0.302. The number of rotatable bonds is 5. The van der Waals surface area contributed by atoms with Gasteiger partial charge in [-0.2, -0.15) is 4.74 Å². The third kappa shape index (κ3) is 4.08. The van der Waals surface area contributed by atoms with Crippen LogP contribution in [0.2, 0.25) is 0 Å². The van der Waals surface area contributed by atoms with Gasteiger partial charge in [-0.1, -0.05) is 44.2 Å². The molecule has 2 rings (SSSR count). The summed E-state index contributed by atoms with van der Waals surface area (Å²) in [5, 5.41) is 0. The molecule has 0 bridgehead atoms. The molecule has 5 nitrogen and oxygen atoms in total. The fraction of sp³-hybridized carbons (Fsp3) is 0.308. The van der Waals surface area contributed by atoms with Crippen LogP contribution in [0.3, 0.4) is 0 Å². The van der Waals surface area contributed by atoms with Gasteiger partial charge in [0, 0.05) is 5.56 Å². The summed E-state index contributed by atoms with van der Waals surface area (Å²) in [5.74, 6) is 0.491. The van der Waals surface area contributed by atoms with Gasteiger partial charge in [-0.15, -0.1) is 0 Å². The Balaban J connectivity index is 2.46. The summed E-state index contributed by atoms with van der Waals surface area (Å²) in [5.41, 5.74) is -2.30. The summed E-state index contributed by atoms with van der Waals surface area (Å²) < 4.78 is 6.74. The van der Waals surface area contributed by atoms with Crippen molar-refractivity contribution >= 4 is 28.9 Å². The summed E-state index contributed by atoms with van der Waals surface area (Å²) in [7, 11) is 0.